The second kappa shape index (κ2) is 5.25. The summed E-state index contributed by atoms with van der Waals surface area (Å²) in [7, 11) is 0. The number of rotatable bonds is 4. The van der Waals surface area contributed by atoms with E-state index in [1.165, 1.54) is 0 Å². The molecule has 0 aromatic heterocycles. The van der Waals surface area contributed by atoms with Gasteiger partial charge in [-0.2, -0.15) is 0 Å². The number of nitrogens with two attached hydrogens (primary N) is 1. The van der Waals surface area contributed by atoms with Crippen molar-refractivity contribution in [1.82, 2.24) is 4.90 Å². The first-order valence-corrected chi connectivity index (χ1v) is 5.87. The van der Waals surface area contributed by atoms with E-state index in [1.54, 1.807) is 12.1 Å². The lowest BCUT2D eigenvalue weighted by atomic mass is 10.1. The molecule has 1 atom stereocenters. The molecule has 0 radical (unpaired) electrons. The molecule has 1 aromatic carbocycles. The number of nitro groups is 1. The minimum Gasteiger partial charge on any atom is -0.326 e. The number of nitro benzene ring substituents is 1. The first kappa shape index (κ1) is 12.0. The predicted molar refractivity (Wildman–Crippen MR) is 65.8 cm³/mol. The van der Waals surface area contributed by atoms with Crippen LogP contribution in [0.3, 0.4) is 0 Å². The van der Waals surface area contributed by atoms with E-state index >= 15 is 0 Å². The van der Waals surface area contributed by atoms with Gasteiger partial charge < -0.3 is 10.6 Å². The van der Waals surface area contributed by atoms with Gasteiger partial charge in [-0.1, -0.05) is 18.2 Å². The summed E-state index contributed by atoms with van der Waals surface area (Å²) in [5.74, 6) is 0. The number of hydrogen-bond acceptors (Lipinski definition) is 4. The first-order chi connectivity index (χ1) is 8.16. The molecule has 0 aliphatic carbocycles. The zero-order valence-corrected chi connectivity index (χ0v) is 9.71. The van der Waals surface area contributed by atoms with Crippen molar-refractivity contribution in [2.24, 2.45) is 5.73 Å². The van der Waals surface area contributed by atoms with E-state index in [1.807, 2.05) is 12.1 Å². The highest BCUT2D eigenvalue weighted by Gasteiger charge is 2.20. The van der Waals surface area contributed by atoms with E-state index in [2.05, 4.69) is 4.90 Å². The number of hydrogen-bond donors (Lipinski definition) is 1. The summed E-state index contributed by atoms with van der Waals surface area (Å²) in [5, 5.41) is 10.8. The summed E-state index contributed by atoms with van der Waals surface area (Å²) in [5.41, 5.74) is 6.84. The van der Waals surface area contributed by atoms with Crippen LogP contribution in [0.4, 0.5) is 5.69 Å². The van der Waals surface area contributed by atoms with E-state index in [4.69, 9.17) is 5.73 Å². The van der Waals surface area contributed by atoms with Gasteiger partial charge in [0.25, 0.3) is 5.69 Å². The average Bonchev–Trinajstić information content (AvgIpc) is 2.73. The molecule has 0 bridgehead atoms. The lowest BCUT2D eigenvalue weighted by molar-refractivity contribution is -0.385. The molecule has 92 valence electrons. The summed E-state index contributed by atoms with van der Waals surface area (Å²) in [6.07, 6.45) is 1.74. The Morgan fingerprint density at radius 1 is 1.47 bits per heavy atom. The minimum absolute atomic E-state index is 0.219. The number of para-hydroxylation sites is 1. The highest BCUT2D eigenvalue weighted by atomic mass is 16.6. The van der Waals surface area contributed by atoms with Crippen molar-refractivity contribution in [3.8, 4) is 0 Å². The Balaban J connectivity index is 1.97. The molecular weight excluding hydrogens is 218 g/mol. The molecule has 1 aliphatic rings. The van der Waals surface area contributed by atoms with Crippen molar-refractivity contribution >= 4 is 5.69 Å². The molecule has 1 unspecified atom stereocenters. The van der Waals surface area contributed by atoms with Crippen LogP contribution in [-0.4, -0.2) is 35.5 Å². The Morgan fingerprint density at radius 3 is 2.88 bits per heavy atom. The normalized spacial score (nSPS) is 20.6. The van der Waals surface area contributed by atoms with Gasteiger partial charge in [-0.15, -0.1) is 0 Å². The minimum atomic E-state index is -0.314. The van der Waals surface area contributed by atoms with Gasteiger partial charge in [0.05, 0.1) is 4.92 Å². The van der Waals surface area contributed by atoms with Gasteiger partial charge in [0.15, 0.2) is 0 Å². The zero-order valence-electron chi connectivity index (χ0n) is 9.71. The molecule has 2 N–H and O–H groups in total. The van der Waals surface area contributed by atoms with Gasteiger partial charge in [0.1, 0.15) is 0 Å². The van der Waals surface area contributed by atoms with E-state index in [0.29, 0.717) is 6.42 Å². The Morgan fingerprint density at radius 2 is 2.24 bits per heavy atom. The maximum Gasteiger partial charge on any atom is 0.272 e. The monoisotopic (exact) mass is 235 g/mol. The molecule has 2 rings (SSSR count). The SMILES string of the molecule is NC1CCN(CCc2ccccc2[N+](=O)[O-])C1. The van der Waals surface area contributed by atoms with Crippen LogP contribution in [0.25, 0.3) is 0 Å². The molecule has 1 fully saturated rings. The van der Waals surface area contributed by atoms with E-state index in [0.717, 1.165) is 31.6 Å². The van der Waals surface area contributed by atoms with Crippen molar-refractivity contribution in [1.29, 1.82) is 0 Å². The van der Waals surface area contributed by atoms with Crippen LogP contribution in [0.2, 0.25) is 0 Å². The fourth-order valence-electron chi connectivity index (χ4n) is 2.24. The van der Waals surface area contributed by atoms with Crippen molar-refractivity contribution in [2.75, 3.05) is 19.6 Å². The zero-order chi connectivity index (χ0) is 12.3. The van der Waals surface area contributed by atoms with Crippen LogP contribution in [0.1, 0.15) is 12.0 Å². The molecular formula is C12H17N3O2. The highest BCUT2D eigenvalue weighted by molar-refractivity contribution is 5.39. The van der Waals surface area contributed by atoms with Gasteiger partial charge in [-0.05, 0) is 19.4 Å². The third-order valence-electron chi connectivity index (χ3n) is 3.19. The van der Waals surface area contributed by atoms with Crippen molar-refractivity contribution in [2.45, 2.75) is 18.9 Å². The molecule has 1 saturated heterocycles. The van der Waals surface area contributed by atoms with Crippen LogP contribution in [0, 0.1) is 10.1 Å². The van der Waals surface area contributed by atoms with Gasteiger partial charge in [-0.3, -0.25) is 10.1 Å². The van der Waals surface area contributed by atoms with Crippen molar-refractivity contribution in [3.63, 3.8) is 0 Å². The van der Waals surface area contributed by atoms with Gasteiger partial charge in [0.2, 0.25) is 0 Å². The molecule has 0 spiro atoms. The van der Waals surface area contributed by atoms with Gasteiger partial charge in [0, 0.05) is 30.8 Å². The second-order valence-electron chi connectivity index (χ2n) is 4.49. The predicted octanol–water partition coefficient (Wildman–Crippen LogP) is 1.17. The fraction of sp³-hybridized carbons (Fsp3) is 0.500. The molecule has 1 heterocycles. The Bertz CT molecular complexity index is 408. The standard InChI is InChI=1S/C12H17N3O2/c13-11-6-8-14(9-11)7-5-10-3-1-2-4-12(10)15(16)17/h1-4,11H,5-9,13H2. The smallest absolute Gasteiger partial charge is 0.272 e. The molecule has 5 heteroatoms. The van der Waals surface area contributed by atoms with Crippen molar-refractivity contribution in [3.05, 3.63) is 39.9 Å². The van der Waals surface area contributed by atoms with Crippen LogP contribution in [0.5, 0.6) is 0 Å². The Labute approximate surface area is 100 Å². The van der Waals surface area contributed by atoms with Crippen molar-refractivity contribution < 1.29 is 4.92 Å². The maximum atomic E-state index is 10.8. The average molecular weight is 235 g/mol. The van der Waals surface area contributed by atoms with Crippen LogP contribution in [-0.2, 0) is 6.42 Å². The van der Waals surface area contributed by atoms with Crippen LogP contribution < -0.4 is 5.73 Å². The lowest BCUT2D eigenvalue weighted by Gasteiger charge is -2.14. The number of likely N-dealkylation sites (tertiary alicyclic amines) is 1. The Hall–Kier alpha value is -1.46. The summed E-state index contributed by atoms with van der Waals surface area (Å²) < 4.78 is 0. The Kier molecular flexibility index (Phi) is 3.71. The quantitative estimate of drug-likeness (QED) is 0.628. The molecule has 1 aliphatic heterocycles. The largest absolute Gasteiger partial charge is 0.326 e. The number of benzene rings is 1. The summed E-state index contributed by atoms with van der Waals surface area (Å²) >= 11 is 0. The molecule has 1 aromatic rings. The second-order valence-corrected chi connectivity index (χ2v) is 4.49. The third kappa shape index (κ3) is 3.01. The van der Waals surface area contributed by atoms with Gasteiger partial charge in [-0.25, -0.2) is 0 Å². The van der Waals surface area contributed by atoms with Gasteiger partial charge >= 0.3 is 0 Å². The topological polar surface area (TPSA) is 72.4 Å². The molecule has 0 saturated carbocycles. The maximum absolute atomic E-state index is 10.8. The highest BCUT2D eigenvalue weighted by Crippen LogP contribution is 2.19. The van der Waals surface area contributed by atoms with Crippen LogP contribution in [0.15, 0.2) is 24.3 Å². The van der Waals surface area contributed by atoms with E-state index in [9.17, 15) is 10.1 Å². The lowest BCUT2D eigenvalue weighted by Crippen LogP contribution is -2.28. The molecule has 17 heavy (non-hydrogen) atoms. The van der Waals surface area contributed by atoms with E-state index in [-0.39, 0.29) is 16.7 Å². The molecule has 5 nitrogen and oxygen atoms in total. The summed E-state index contributed by atoms with van der Waals surface area (Å²) in [6, 6.07) is 7.20. The third-order valence-corrected chi connectivity index (χ3v) is 3.19. The first-order valence-electron chi connectivity index (χ1n) is 5.87. The summed E-state index contributed by atoms with van der Waals surface area (Å²) in [4.78, 5) is 12.8. The van der Waals surface area contributed by atoms with E-state index < -0.39 is 0 Å². The summed E-state index contributed by atoms with van der Waals surface area (Å²) in [6.45, 7) is 2.75. The number of nitrogens with zero attached hydrogens (tertiary/aromatic N) is 2. The molecule has 0 amide bonds. The van der Waals surface area contributed by atoms with Crippen LogP contribution >= 0.6 is 0 Å². The fourth-order valence-corrected chi connectivity index (χ4v) is 2.24.